The summed E-state index contributed by atoms with van der Waals surface area (Å²) in [6.07, 6.45) is 5.78. The molecule has 0 atom stereocenters. The Kier molecular flexibility index (Phi) is 8.53. The molecule has 0 aliphatic heterocycles. The molecular formula is C17H19ClO4. The van der Waals surface area contributed by atoms with Crippen molar-refractivity contribution < 1.29 is 18.0 Å². The molecule has 0 unspecified atom stereocenters. The standard InChI is InChI=1S/C6H6O2.C6H8O.C5H5ClO/c1-5(7)6-3-2-4-8-6;1-2-6-4-3-5-7-6;6-4-5-2-1-3-7-5/h2-4H,1H3;3-5H,2H2,1H3;1-3H,4H2. The van der Waals surface area contributed by atoms with Crippen molar-refractivity contribution in [1.29, 1.82) is 0 Å². The molecule has 5 heteroatoms. The van der Waals surface area contributed by atoms with Gasteiger partial charge in [-0.3, -0.25) is 4.79 Å². The molecule has 3 aromatic heterocycles. The number of aryl methyl sites for hydroxylation is 1. The minimum Gasteiger partial charge on any atom is -0.469 e. The highest BCUT2D eigenvalue weighted by molar-refractivity contribution is 6.16. The molecular weight excluding hydrogens is 304 g/mol. The highest BCUT2D eigenvalue weighted by Crippen LogP contribution is 2.02. The van der Waals surface area contributed by atoms with Crippen LogP contribution in [-0.4, -0.2) is 5.78 Å². The second-order valence-corrected chi connectivity index (χ2v) is 4.45. The van der Waals surface area contributed by atoms with Gasteiger partial charge in [0.05, 0.1) is 24.7 Å². The molecule has 0 N–H and O–H groups in total. The summed E-state index contributed by atoms with van der Waals surface area (Å²) in [5, 5.41) is 0. The number of carbonyl (C=O) groups is 1. The number of hydrogen-bond donors (Lipinski definition) is 0. The maximum absolute atomic E-state index is 10.4. The van der Waals surface area contributed by atoms with Crippen molar-refractivity contribution in [3.05, 3.63) is 72.5 Å². The Bertz CT molecular complexity index is 561. The van der Waals surface area contributed by atoms with Gasteiger partial charge >= 0.3 is 0 Å². The van der Waals surface area contributed by atoms with Crippen molar-refractivity contribution in [2.45, 2.75) is 26.1 Å². The first kappa shape index (κ1) is 17.9. The van der Waals surface area contributed by atoms with Gasteiger partial charge in [0.2, 0.25) is 0 Å². The second kappa shape index (κ2) is 10.5. The molecule has 4 nitrogen and oxygen atoms in total. The van der Waals surface area contributed by atoms with E-state index in [0.717, 1.165) is 17.9 Å². The summed E-state index contributed by atoms with van der Waals surface area (Å²) in [6, 6.07) is 10.9. The number of halogens is 1. The van der Waals surface area contributed by atoms with Crippen LogP contribution in [-0.2, 0) is 12.3 Å². The fraction of sp³-hybridized carbons (Fsp3) is 0.235. The second-order valence-electron chi connectivity index (χ2n) is 4.18. The fourth-order valence-electron chi connectivity index (χ4n) is 1.38. The lowest BCUT2D eigenvalue weighted by Crippen LogP contribution is -1.85. The van der Waals surface area contributed by atoms with E-state index in [0.29, 0.717) is 11.6 Å². The van der Waals surface area contributed by atoms with Gasteiger partial charge in [-0.15, -0.1) is 11.6 Å². The molecule has 118 valence electrons. The average Bonchev–Trinajstić information content (AvgIpc) is 3.31. The predicted molar refractivity (Wildman–Crippen MR) is 85.1 cm³/mol. The van der Waals surface area contributed by atoms with Crippen LogP contribution in [0, 0.1) is 0 Å². The minimum absolute atomic E-state index is 0.0324. The summed E-state index contributed by atoms with van der Waals surface area (Å²) < 4.78 is 14.6. The summed E-state index contributed by atoms with van der Waals surface area (Å²) in [7, 11) is 0. The minimum atomic E-state index is -0.0324. The van der Waals surface area contributed by atoms with E-state index in [9.17, 15) is 4.79 Å². The first-order valence-electron chi connectivity index (χ1n) is 6.82. The van der Waals surface area contributed by atoms with Gasteiger partial charge in [-0.2, -0.15) is 0 Å². The monoisotopic (exact) mass is 322 g/mol. The largest absolute Gasteiger partial charge is 0.469 e. The van der Waals surface area contributed by atoms with Crippen LogP contribution in [0.4, 0.5) is 0 Å². The molecule has 0 spiro atoms. The summed E-state index contributed by atoms with van der Waals surface area (Å²) in [6.45, 7) is 3.54. The van der Waals surface area contributed by atoms with Gasteiger partial charge in [0.15, 0.2) is 11.5 Å². The molecule has 0 aliphatic carbocycles. The first-order valence-corrected chi connectivity index (χ1v) is 7.36. The zero-order valence-corrected chi connectivity index (χ0v) is 13.4. The Hall–Kier alpha value is -2.20. The number of carbonyl (C=O) groups excluding carboxylic acids is 1. The summed E-state index contributed by atoms with van der Waals surface area (Å²) in [5.74, 6) is 2.73. The van der Waals surface area contributed by atoms with Gasteiger partial charge in [-0.1, -0.05) is 6.92 Å². The lowest BCUT2D eigenvalue weighted by atomic mass is 10.3. The number of alkyl halides is 1. The molecule has 3 aromatic rings. The third kappa shape index (κ3) is 6.99. The highest BCUT2D eigenvalue weighted by atomic mass is 35.5. The highest BCUT2D eigenvalue weighted by Gasteiger charge is 1.97. The molecule has 0 saturated heterocycles. The van der Waals surface area contributed by atoms with Crippen LogP contribution in [0.3, 0.4) is 0 Å². The van der Waals surface area contributed by atoms with Gasteiger partial charge < -0.3 is 13.3 Å². The van der Waals surface area contributed by atoms with Crippen LogP contribution in [0.2, 0.25) is 0 Å². The third-order valence-electron chi connectivity index (χ3n) is 2.51. The Morgan fingerprint density at radius 1 is 0.955 bits per heavy atom. The predicted octanol–water partition coefficient (Wildman–Crippen LogP) is 5.34. The van der Waals surface area contributed by atoms with Crippen molar-refractivity contribution >= 4 is 17.4 Å². The van der Waals surface area contributed by atoms with E-state index in [-0.39, 0.29) is 5.78 Å². The topological polar surface area (TPSA) is 56.5 Å². The molecule has 0 bridgehead atoms. The van der Waals surface area contributed by atoms with Crippen LogP contribution in [0.1, 0.15) is 35.9 Å². The number of ketones is 1. The van der Waals surface area contributed by atoms with E-state index < -0.39 is 0 Å². The molecule has 3 heterocycles. The van der Waals surface area contributed by atoms with Gasteiger partial charge in [0, 0.05) is 13.3 Å². The van der Waals surface area contributed by atoms with E-state index in [2.05, 4.69) is 6.92 Å². The quantitative estimate of drug-likeness (QED) is 0.482. The molecule has 0 fully saturated rings. The number of rotatable bonds is 3. The van der Waals surface area contributed by atoms with Gasteiger partial charge in [0.25, 0.3) is 0 Å². The number of furan rings is 3. The van der Waals surface area contributed by atoms with E-state index in [1.165, 1.54) is 13.2 Å². The molecule has 0 aromatic carbocycles. The van der Waals surface area contributed by atoms with Crippen molar-refractivity contribution in [3.8, 4) is 0 Å². The summed E-state index contributed by atoms with van der Waals surface area (Å²) in [5.41, 5.74) is 0. The van der Waals surface area contributed by atoms with Crippen molar-refractivity contribution in [1.82, 2.24) is 0 Å². The van der Waals surface area contributed by atoms with Crippen LogP contribution in [0.15, 0.2) is 68.4 Å². The van der Waals surface area contributed by atoms with Gasteiger partial charge in [-0.05, 0) is 36.4 Å². The Balaban J connectivity index is 0.000000166. The molecule has 0 saturated carbocycles. The lowest BCUT2D eigenvalue weighted by molar-refractivity contribution is 0.0987. The van der Waals surface area contributed by atoms with Crippen LogP contribution in [0.5, 0.6) is 0 Å². The lowest BCUT2D eigenvalue weighted by Gasteiger charge is -1.80. The molecule has 0 radical (unpaired) electrons. The summed E-state index contributed by atoms with van der Waals surface area (Å²) in [4.78, 5) is 10.4. The molecule has 0 aliphatic rings. The summed E-state index contributed by atoms with van der Waals surface area (Å²) >= 11 is 5.37. The average molecular weight is 323 g/mol. The maximum Gasteiger partial charge on any atom is 0.194 e. The van der Waals surface area contributed by atoms with E-state index >= 15 is 0 Å². The van der Waals surface area contributed by atoms with Crippen molar-refractivity contribution in [2.75, 3.05) is 0 Å². The van der Waals surface area contributed by atoms with Crippen molar-refractivity contribution in [2.24, 2.45) is 0 Å². The Labute approximate surface area is 134 Å². The zero-order chi connectivity index (χ0) is 16.2. The maximum atomic E-state index is 10.4. The van der Waals surface area contributed by atoms with Crippen molar-refractivity contribution in [3.63, 3.8) is 0 Å². The van der Waals surface area contributed by atoms with Crippen LogP contribution >= 0.6 is 11.6 Å². The van der Waals surface area contributed by atoms with E-state index in [1.807, 2.05) is 24.3 Å². The van der Waals surface area contributed by atoms with Crippen LogP contribution in [0.25, 0.3) is 0 Å². The van der Waals surface area contributed by atoms with Gasteiger partial charge in [-0.25, -0.2) is 0 Å². The number of Topliss-reactive ketones (excluding diaryl/α,β-unsaturated/α-hetero) is 1. The third-order valence-corrected chi connectivity index (χ3v) is 2.77. The van der Waals surface area contributed by atoms with E-state index in [1.54, 1.807) is 24.7 Å². The number of hydrogen-bond acceptors (Lipinski definition) is 4. The smallest absolute Gasteiger partial charge is 0.194 e. The molecule has 0 amide bonds. The molecule has 3 rings (SSSR count). The SMILES string of the molecule is CC(=O)c1ccco1.CCc1ccco1.ClCc1ccco1. The fourth-order valence-corrected chi connectivity index (χ4v) is 1.53. The first-order chi connectivity index (χ1) is 10.7. The zero-order valence-electron chi connectivity index (χ0n) is 12.6. The molecule has 22 heavy (non-hydrogen) atoms. The van der Waals surface area contributed by atoms with E-state index in [4.69, 9.17) is 24.9 Å². The Morgan fingerprint density at radius 3 is 1.73 bits per heavy atom. The normalized spacial score (nSPS) is 9.23. The van der Waals surface area contributed by atoms with Crippen LogP contribution < -0.4 is 0 Å². The Morgan fingerprint density at radius 2 is 1.50 bits per heavy atom. The van der Waals surface area contributed by atoms with Gasteiger partial charge in [0.1, 0.15) is 11.5 Å².